The molecule has 0 heterocycles. The zero-order chi connectivity index (χ0) is 9.84. The van der Waals surface area contributed by atoms with E-state index in [0.29, 0.717) is 16.7 Å². The Morgan fingerprint density at radius 3 is 2.85 bits per heavy atom. The van der Waals surface area contributed by atoms with Crippen molar-refractivity contribution in [3.8, 4) is 6.07 Å². The lowest BCUT2D eigenvalue weighted by atomic mass is 10.0. The number of aliphatic hydroxyl groups excluding tert-OH is 1. The second kappa shape index (κ2) is 3.88. The Morgan fingerprint density at radius 1 is 1.62 bits per heavy atom. The number of nitriles is 1. The number of rotatable bonds is 2. The van der Waals surface area contributed by atoms with Gasteiger partial charge in [0, 0.05) is 0 Å². The average Bonchev–Trinajstić information content (AvgIpc) is 2.16. The molecule has 0 radical (unpaired) electrons. The van der Waals surface area contributed by atoms with Gasteiger partial charge in [-0.15, -0.1) is 0 Å². The van der Waals surface area contributed by atoms with Crippen molar-refractivity contribution in [2.24, 2.45) is 0 Å². The van der Waals surface area contributed by atoms with Crippen LogP contribution in [0.2, 0.25) is 0 Å². The van der Waals surface area contributed by atoms with Crippen molar-refractivity contribution in [1.29, 1.82) is 5.26 Å². The van der Waals surface area contributed by atoms with Crippen LogP contribution in [0.4, 0.5) is 0 Å². The molecular weight excluding hydrogens is 162 g/mol. The molecule has 0 bridgehead atoms. The predicted octanol–water partition coefficient (Wildman–Crippen LogP) is 2.17. The molecule has 0 spiro atoms. The van der Waals surface area contributed by atoms with Crippen LogP contribution >= 0.6 is 0 Å². The van der Waals surface area contributed by atoms with Gasteiger partial charge in [0.15, 0.2) is 0 Å². The Morgan fingerprint density at radius 2 is 2.31 bits per heavy atom. The fraction of sp³-hybridized carbons (Fsp3) is 0.182. The van der Waals surface area contributed by atoms with Crippen molar-refractivity contribution < 1.29 is 5.11 Å². The summed E-state index contributed by atoms with van der Waals surface area (Å²) in [5.74, 6) is 0. The van der Waals surface area contributed by atoms with Crippen LogP contribution in [0.1, 0.15) is 24.2 Å². The van der Waals surface area contributed by atoms with Crippen molar-refractivity contribution in [2.75, 3.05) is 0 Å². The first kappa shape index (κ1) is 9.50. The standard InChI is InChI=1S/C11H11NO/c1-8(2)11(13)10-5-3-4-9(6-10)7-12/h3-6,11,13H,1H2,2H3. The molecule has 2 nitrogen and oxygen atoms in total. The molecule has 2 heteroatoms. The van der Waals surface area contributed by atoms with Crippen molar-refractivity contribution in [3.63, 3.8) is 0 Å². The first-order valence-electron chi connectivity index (χ1n) is 3.98. The highest BCUT2D eigenvalue weighted by Crippen LogP contribution is 2.20. The predicted molar refractivity (Wildman–Crippen MR) is 50.9 cm³/mol. The number of benzene rings is 1. The lowest BCUT2D eigenvalue weighted by Gasteiger charge is -2.09. The molecule has 0 aliphatic rings. The molecule has 0 aliphatic carbocycles. The van der Waals surface area contributed by atoms with E-state index in [1.165, 1.54) is 0 Å². The quantitative estimate of drug-likeness (QED) is 0.696. The summed E-state index contributed by atoms with van der Waals surface area (Å²) in [6, 6.07) is 8.92. The van der Waals surface area contributed by atoms with Gasteiger partial charge in [0.2, 0.25) is 0 Å². The molecule has 1 rings (SSSR count). The summed E-state index contributed by atoms with van der Waals surface area (Å²) in [6.07, 6.45) is -0.673. The molecule has 0 amide bonds. The number of aliphatic hydroxyl groups is 1. The summed E-state index contributed by atoms with van der Waals surface area (Å²) in [5, 5.41) is 18.2. The van der Waals surface area contributed by atoms with Crippen LogP contribution in [0.5, 0.6) is 0 Å². The second-order valence-corrected chi connectivity index (χ2v) is 2.99. The van der Waals surface area contributed by atoms with Crippen LogP contribution in [-0.4, -0.2) is 5.11 Å². The maximum atomic E-state index is 9.61. The monoisotopic (exact) mass is 173 g/mol. The van der Waals surface area contributed by atoms with Crippen molar-refractivity contribution in [2.45, 2.75) is 13.0 Å². The van der Waals surface area contributed by atoms with E-state index >= 15 is 0 Å². The first-order chi connectivity index (χ1) is 6.15. The molecular formula is C11H11NO. The number of nitrogens with zero attached hydrogens (tertiary/aromatic N) is 1. The molecule has 1 atom stereocenters. The Kier molecular flexibility index (Phi) is 2.84. The van der Waals surface area contributed by atoms with E-state index in [2.05, 4.69) is 6.58 Å². The lowest BCUT2D eigenvalue weighted by molar-refractivity contribution is 0.216. The summed E-state index contributed by atoms with van der Waals surface area (Å²) < 4.78 is 0. The summed E-state index contributed by atoms with van der Waals surface area (Å²) in [4.78, 5) is 0. The SMILES string of the molecule is C=C(C)C(O)c1cccc(C#N)c1. The summed E-state index contributed by atoms with van der Waals surface area (Å²) >= 11 is 0. The summed E-state index contributed by atoms with van der Waals surface area (Å²) in [7, 11) is 0. The molecule has 1 N–H and O–H groups in total. The van der Waals surface area contributed by atoms with Crippen LogP contribution in [0.25, 0.3) is 0 Å². The van der Waals surface area contributed by atoms with Gasteiger partial charge < -0.3 is 5.11 Å². The van der Waals surface area contributed by atoms with Crippen LogP contribution in [0, 0.1) is 11.3 Å². The van der Waals surface area contributed by atoms with Gasteiger partial charge in [0.25, 0.3) is 0 Å². The Balaban J connectivity index is 3.03. The zero-order valence-electron chi connectivity index (χ0n) is 7.49. The van der Waals surface area contributed by atoms with Crippen molar-refractivity contribution in [3.05, 3.63) is 47.5 Å². The number of hydrogen-bond donors (Lipinski definition) is 1. The Bertz CT molecular complexity index is 363. The zero-order valence-corrected chi connectivity index (χ0v) is 7.49. The van der Waals surface area contributed by atoms with Crippen molar-refractivity contribution >= 4 is 0 Å². The fourth-order valence-electron chi connectivity index (χ4n) is 1.06. The first-order valence-corrected chi connectivity index (χ1v) is 3.98. The van der Waals surface area contributed by atoms with Gasteiger partial charge in [-0.2, -0.15) is 5.26 Å². The van der Waals surface area contributed by atoms with Crippen LogP contribution in [-0.2, 0) is 0 Å². The van der Waals surface area contributed by atoms with E-state index in [0.717, 1.165) is 0 Å². The minimum absolute atomic E-state index is 0.554. The molecule has 1 aromatic rings. The van der Waals surface area contributed by atoms with Gasteiger partial charge in [-0.1, -0.05) is 18.7 Å². The third kappa shape index (κ3) is 2.17. The minimum atomic E-state index is -0.673. The van der Waals surface area contributed by atoms with E-state index in [4.69, 9.17) is 5.26 Å². The van der Waals surface area contributed by atoms with Gasteiger partial charge in [0.05, 0.1) is 17.7 Å². The van der Waals surface area contributed by atoms with E-state index in [-0.39, 0.29) is 0 Å². The van der Waals surface area contributed by atoms with Gasteiger partial charge in [-0.25, -0.2) is 0 Å². The minimum Gasteiger partial charge on any atom is -0.384 e. The molecule has 0 aliphatic heterocycles. The maximum Gasteiger partial charge on any atom is 0.0996 e. The second-order valence-electron chi connectivity index (χ2n) is 2.99. The third-order valence-electron chi connectivity index (χ3n) is 1.80. The van der Waals surface area contributed by atoms with Crippen LogP contribution in [0.3, 0.4) is 0 Å². The smallest absolute Gasteiger partial charge is 0.0996 e. The lowest BCUT2D eigenvalue weighted by Crippen LogP contribution is -1.97. The molecule has 0 fully saturated rings. The van der Waals surface area contributed by atoms with E-state index in [1.54, 1.807) is 31.2 Å². The average molecular weight is 173 g/mol. The van der Waals surface area contributed by atoms with E-state index in [9.17, 15) is 5.11 Å². The molecule has 66 valence electrons. The van der Waals surface area contributed by atoms with Crippen LogP contribution < -0.4 is 0 Å². The third-order valence-corrected chi connectivity index (χ3v) is 1.80. The molecule has 13 heavy (non-hydrogen) atoms. The maximum absolute atomic E-state index is 9.61. The summed E-state index contributed by atoms with van der Waals surface area (Å²) in [6.45, 7) is 5.41. The van der Waals surface area contributed by atoms with E-state index < -0.39 is 6.10 Å². The van der Waals surface area contributed by atoms with Gasteiger partial charge in [-0.05, 0) is 30.2 Å². The fourth-order valence-corrected chi connectivity index (χ4v) is 1.06. The largest absolute Gasteiger partial charge is 0.384 e. The Labute approximate surface area is 77.8 Å². The van der Waals surface area contributed by atoms with Gasteiger partial charge in [-0.3, -0.25) is 0 Å². The molecule has 0 saturated heterocycles. The molecule has 0 saturated carbocycles. The summed E-state index contributed by atoms with van der Waals surface area (Å²) in [5.41, 5.74) is 1.94. The number of hydrogen-bond acceptors (Lipinski definition) is 2. The normalized spacial score (nSPS) is 11.8. The van der Waals surface area contributed by atoms with Crippen LogP contribution in [0.15, 0.2) is 36.4 Å². The van der Waals surface area contributed by atoms with Gasteiger partial charge >= 0.3 is 0 Å². The van der Waals surface area contributed by atoms with Crippen molar-refractivity contribution in [1.82, 2.24) is 0 Å². The highest BCUT2D eigenvalue weighted by Gasteiger charge is 2.07. The molecule has 0 aromatic heterocycles. The van der Waals surface area contributed by atoms with E-state index in [1.807, 2.05) is 6.07 Å². The Hall–Kier alpha value is -1.59. The highest BCUT2D eigenvalue weighted by molar-refractivity contribution is 5.35. The molecule has 1 aromatic carbocycles. The highest BCUT2D eigenvalue weighted by atomic mass is 16.3. The topological polar surface area (TPSA) is 44.0 Å². The van der Waals surface area contributed by atoms with Gasteiger partial charge in [0.1, 0.15) is 0 Å². The molecule has 1 unspecified atom stereocenters.